The van der Waals surface area contributed by atoms with Crippen LogP contribution in [-0.2, 0) is 0 Å². The molecule has 2 aromatic carbocycles. The zero-order valence-corrected chi connectivity index (χ0v) is 15.7. The second-order valence-corrected chi connectivity index (χ2v) is 7.47. The standard InChI is InChI=1S/C20H20ClFN4O/c1-26-7-3-2-4-17(26)11-5-6-13(15(22)8-11)20-24-16-10-12(21)9-14(19(23)27)18(16)25-20/h5-6,8-10,17H,2-4,7H2,1H3,(H2,23,27)(H,24,25). The van der Waals surface area contributed by atoms with E-state index in [2.05, 4.69) is 21.9 Å². The Hall–Kier alpha value is -2.44. The molecule has 4 rings (SSSR count). The second kappa shape index (κ2) is 6.94. The van der Waals surface area contributed by atoms with E-state index in [1.54, 1.807) is 18.2 Å². The minimum Gasteiger partial charge on any atom is -0.366 e. The van der Waals surface area contributed by atoms with Gasteiger partial charge in [0.25, 0.3) is 5.91 Å². The van der Waals surface area contributed by atoms with Crippen LogP contribution in [0.4, 0.5) is 4.39 Å². The van der Waals surface area contributed by atoms with Gasteiger partial charge in [-0.3, -0.25) is 9.69 Å². The van der Waals surface area contributed by atoms with E-state index in [1.165, 1.54) is 12.5 Å². The van der Waals surface area contributed by atoms with Gasteiger partial charge in [-0.25, -0.2) is 9.37 Å². The highest BCUT2D eigenvalue weighted by Gasteiger charge is 2.22. The van der Waals surface area contributed by atoms with Crippen molar-refractivity contribution in [2.24, 2.45) is 5.73 Å². The number of aromatic amines is 1. The molecule has 1 aromatic heterocycles. The fourth-order valence-electron chi connectivity index (χ4n) is 3.82. The van der Waals surface area contributed by atoms with Crippen LogP contribution < -0.4 is 5.73 Å². The number of benzene rings is 2. The molecule has 0 bridgehead atoms. The molecular weight excluding hydrogens is 367 g/mol. The summed E-state index contributed by atoms with van der Waals surface area (Å²) in [6, 6.07) is 8.60. The predicted octanol–water partition coefficient (Wildman–Crippen LogP) is 4.28. The number of piperidine rings is 1. The van der Waals surface area contributed by atoms with Gasteiger partial charge in [-0.15, -0.1) is 0 Å². The molecule has 0 radical (unpaired) electrons. The summed E-state index contributed by atoms with van der Waals surface area (Å²) in [6.07, 6.45) is 3.36. The molecule has 1 aliphatic heterocycles. The highest BCUT2D eigenvalue weighted by molar-refractivity contribution is 6.32. The van der Waals surface area contributed by atoms with Crippen LogP contribution in [0.3, 0.4) is 0 Å². The number of carbonyl (C=O) groups excluding carboxylic acids is 1. The number of nitrogens with zero attached hydrogens (tertiary/aromatic N) is 2. The molecule has 3 N–H and O–H groups in total. The summed E-state index contributed by atoms with van der Waals surface area (Å²) >= 11 is 6.04. The van der Waals surface area contributed by atoms with Gasteiger partial charge in [-0.2, -0.15) is 0 Å². The Morgan fingerprint density at radius 1 is 1.33 bits per heavy atom. The maximum Gasteiger partial charge on any atom is 0.251 e. The van der Waals surface area contributed by atoms with Crippen molar-refractivity contribution >= 4 is 28.5 Å². The summed E-state index contributed by atoms with van der Waals surface area (Å²) in [4.78, 5) is 21.4. The molecule has 7 heteroatoms. The highest BCUT2D eigenvalue weighted by atomic mass is 35.5. The number of rotatable bonds is 3. The molecule has 1 unspecified atom stereocenters. The Morgan fingerprint density at radius 2 is 2.15 bits per heavy atom. The third kappa shape index (κ3) is 3.31. The van der Waals surface area contributed by atoms with Crippen molar-refractivity contribution in [3.8, 4) is 11.4 Å². The molecule has 3 aromatic rings. The molecule has 1 fully saturated rings. The number of nitrogens with two attached hydrogens (primary N) is 1. The summed E-state index contributed by atoms with van der Waals surface area (Å²) in [7, 11) is 2.07. The van der Waals surface area contributed by atoms with Crippen LogP contribution in [0.5, 0.6) is 0 Å². The Bertz CT molecular complexity index is 1030. The minimum atomic E-state index is -0.628. The topological polar surface area (TPSA) is 75.0 Å². The zero-order chi connectivity index (χ0) is 19.1. The van der Waals surface area contributed by atoms with E-state index in [-0.39, 0.29) is 17.4 Å². The van der Waals surface area contributed by atoms with Gasteiger partial charge in [-0.1, -0.05) is 24.1 Å². The smallest absolute Gasteiger partial charge is 0.251 e. The lowest BCUT2D eigenvalue weighted by Crippen LogP contribution is -2.29. The quantitative estimate of drug-likeness (QED) is 0.705. The summed E-state index contributed by atoms with van der Waals surface area (Å²) in [6.45, 7) is 1.02. The summed E-state index contributed by atoms with van der Waals surface area (Å²) < 4.78 is 14.9. The maximum atomic E-state index is 14.9. The molecule has 140 valence electrons. The Kier molecular flexibility index (Phi) is 4.61. The lowest BCUT2D eigenvalue weighted by Gasteiger charge is -2.32. The van der Waals surface area contributed by atoms with Crippen LogP contribution in [-0.4, -0.2) is 34.4 Å². The molecule has 0 aliphatic carbocycles. The third-order valence-corrected chi connectivity index (χ3v) is 5.44. The summed E-state index contributed by atoms with van der Waals surface area (Å²) in [5.41, 5.74) is 7.87. The molecule has 2 heterocycles. The van der Waals surface area contributed by atoms with Crippen molar-refractivity contribution in [2.45, 2.75) is 25.3 Å². The number of primary amides is 1. The average Bonchev–Trinajstić information content (AvgIpc) is 3.04. The lowest BCUT2D eigenvalue weighted by molar-refractivity contribution is 0.100. The van der Waals surface area contributed by atoms with Crippen molar-refractivity contribution in [1.29, 1.82) is 0 Å². The number of H-pyrrole nitrogens is 1. The highest BCUT2D eigenvalue weighted by Crippen LogP contribution is 2.33. The number of fused-ring (bicyclic) bond motifs is 1. The van der Waals surface area contributed by atoms with Gasteiger partial charge < -0.3 is 10.7 Å². The number of halogens is 2. The van der Waals surface area contributed by atoms with E-state index in [9.17, 15) is 9.18 Å². The first kappa shape index (κ1) is 17.9. The molecule has 0 spiro atoms. The van der Waals surface area contributed by atoms with Gasteiger partial charge in [0.1, 0.15) is 17.2 Å². The van der Waals surface area contributed by atoms with Crippen molar-refractivity contribution in [3.63, 3.8) is 0 Å². The number of hydrogen-bond acceptors (Lipinski definition) is 3. The van der Waals surface area contributed by atoms with Crippen LogP contribution in [0.25, 0.3) is 22.4 Å². The molecule has 1 saturated heterocycles. The van der Waals surface area contributed by atoms with Crippen LogP contribution >= 0.6 is 11.6 Å². The number of aromatic nitrogens is 2. The fraction of sp³-hybridized carbons (Fsp3) is 0.300. The average molecular weight is 387 g/mol. The Labute approximate surface area is 161 Å². The normalized spacial score (nSPS) is 18.1. The number of nitrogens with one attached hydrogen (secondary N) is 1. The van der Waals surface area contributed by atoms with Gasteiger partial charge in [0.05, 0.1) is 16.6 Å². The van der Waals surface area contributed by atoms with Crippen molar-refractivity contribution < 1.29 is 9.18 Å². The molecule has 27 heavy (non-hydrogen) atoms. The molecule has 1 aliphatic rings. The third-order valence-electron chi connectivity index (χ3n) is 5.22. The molecule has 1 atom stereocenters. The first-order valence-corrected chi connectivity index (χ1v) is 9.31. The molecule has 5 nitrogen and oxygen atoms in total. The Morgan fingerprint density at radius 3 is 2.85 bits per heavy atom. The van der Waals surface area contributed by atoms with Gasteiger partial charge in [0.15, 0.2) is 0 Å². The number of hydrogen-bond donors (Lipinski definition) is 2. The number of imidazole rings is 1. The number of amides is 1. The first-order valence-electron chi connectivity index (χ1n) is 8.93. The zero-order valence-electron chi connectivity index (χ0n) is 14.9. The van der Waals surface area contributed by atoms with E-state index in [1.807, 2.05) is 6.07 Å². The van der Waals surface area contributed by atoms with E-state index < -0.39 is 5.91 Å². The van der Waals surface area contributed by atoms with E-state index in [0.29, 0.717) is 27.4 Å². The van der Waals surface area contributed by atoms with Crippen LogP contribution in [0.15, 0.2) is 30.3 Å². The van der Waals surface area contributed by atoms with Crippen LogP contribution in [0, 0.1) is 5.82 Å². The van der Waals surface area contributed by atoms with E-state index in [0.717, 1.165) is 24.9 Å². The SMILES string of the molecule is CN1CCCCC1c1ccc(-c2nc3c(C(N)=O)cc(Cl)cc3[nH]2)c(F)c1. The predicted molar refractivity (Wildman–Crippen MR) is 104 cm³/mol. The van der Waals surface area contributed by atoms with Gasteiger partial charge in [0.2, 0.25) is 0 Å². The minimum absolute atomic E-state index is 0.209. The summed E-state index contributed by atoms with van der Waals surface area (Å²) in [5.74, 6) is -0.634. The second-order valence-electron chi connectivity index (χ2n) is 7.03. The van der Waals surface area contributed by atoms with Crippen molar-refractivity contribution in [1.82, 2.24) is 14.9 Å². The number of carbonyl (C=O) groups is 1. The largest absolute Gasteiger partial charge is 0.366 e. The summed E-state index contributed by atoms with van der Waals surface area (Å²) in [5, 5.41) is 0.364. The first-order chi connectivity index (χ1) is 12.9. The van der Waals surface area contributed by atoms with Crippen LogP contribution in [0.1, 0.15) is 41.2 Å². The molecular formula is C20H20ClFN4O. The lowest BCUT2D eigenvalue weighted by atomic mass is 9.95. The van der Waals surface area contributed by atoms with Gasteiger partial charge >= 0.3 is 0 Å². The Balaban J connectivity index is 1.75. The van der Waals surface area contributed by atoms with Gasteiger partial charge in [0, 0.05) is 11.1 Å². The molecule has 1 amide bonds. The van der Waals surface area contributed by atoms with Crippen molar-refractivity contribution in [2.75, 3.05) is 13.6 Å². The molecule has 0 saturated carbocycles. The van der Waals surface area contributed by atoms with E-state index >= 15 is 0 Å². The fourth-order valence-corrected chi connectivity index (χ4v) is 4.04. The maximum absolute atomic E-state index is 14.9. The number of likely N-dealkylation sites (tertiary alicyclic amines) is 1. The van der Waals surface area contributed by atoms with Gasteiger partial charge in [-0.05, 0) is 56.3 Å². The van der Waals surface area contributed by atoms with E-state index in [4.69, 9.17) is 17.3 Å². The van der Waals surface area contributed by atoms with Crippen LogP contribution in [0.2, 0.25) is 5.02 Å². The van der Waals surface area contributed by atoms with Crippen molar-refractivity contribution in [3.05, 3.63) is 52.3 Å². The monoisotopic (exact) mass is 386 g/mol.